The van der Waals surface area contributed by atoms with Gasteiger partial charge in [0.1, 0.15) is 11.6 Å². The SMILES string of the molecule is Fc1cccc(CNc2nccc3ccccc23)c1. The fraction of sp³-hybridized carbons (Fsp3) is 0.0625. The zero-order chi connectivity index (χ0) is 13.1. The topological polar surface area (TPSA) is 24.9 Å². The monoisotopic (exact) mass is 252 g/mol. The average molecular weight is 252 g/mol. The molecule has 0 aliphatic rings. The van der Waals surface area contributed by atoms with Gasteiger partial charge in [-0.2, -0.15) is 0 Å². The van der Waals surface area contributed by atoms with Crippen molar-refractivity contribution in [3.8, 4) is 0 Å². The molecule has 0 fully saturated rings. The first-order valence-corrected chi connectivity index (χ1v) is 6.15. The second-order valence-electron chi connectivity index (χ2n) is 4.36. The summed E-state index contributed by atoms with van der Waals surface area (Å²) in [5, 5.41) is 5.46. The Morgan fingerprint density at radius 3 is 2.79 bits per heavy atom. The predicted molar refractivity (Wildman–Crippen MR) is 75.5 cm³/mol. The number of aromatic nitrogens is 1. The van der Waals surface area contributed by atoms with Crippen molar-refractivity contribution in [3.63, 3.8) is 0 Å². The first-order chi connectivity index (χ1) is 9.33. The summed E-state index contributed by atoms with van der Waals surface area (Å²) in [6, 6.07) is 16.6. The molecule has 2 aromatic carbocycles. The minimum atomic E-state index is -0.217. The summed E-state index contributed by atoms with van der Waals surface area (Å²) in [5.74, 6) is 0.604. The van der Waals surface area contributed by atoms with Crippen LogP contribution in [0.2, 0.25) is 0 Å². The third-order valence-corrected chi connectivity index (χ3v) is 3.02. The third-order valence-electron chi connectivity index (χ3n) is 3.02. The van der Waals surface area contributed by atoms with E-state index in [9.17, 15) is 4.39 Å². The zero-order valence-electron chi connectivity index (χ0n) is 10.3. The molecule has 0 aliphatic heterocycles. The quantitative estimate of drug-likeness (QED) is 0.762. The molecule has 2 nitrogen and oxygen atoms in total. The molecular weight excluding hydrogens is 239 g/mol. The van der Waals surface area contributed by atoms with Gasteiger partial charge in [0, 0.05) is 18.1 Å². The van der Waals surface area contributed by atoms with E-state index in [0.717, 1.165) is 22.2 Å². The van der Waals surface area contributed by atoms with E-state index in [-0.39, 0.29) is 5.82 Å². The van der Waals surface area contributed by atoms with Gasteiger partial charge in [-0.3, -0.25) is 0 Å². The number of fused-ring (bicyclic) bond motifs is 1. The lowest BCUT2D eigenvalue weighted by molar-refractivity contribution is 0.626. The highest BCUT2D eigenvalue weighted by atomic mass is 19.1. The standard InChI is InChI=1S/C16H13FN2/c17-14-6-3-4-12(10-14)11-19-16-15-7-2-1-5-13(15)8-9-18-16/h1-10H,11H2,(H,18,19). The first-order valence-electron chi connectivity index (χ1n) is 6.15. The van der Waals surface area contributed by atoms with Crippen LogP contribution in [0, 0.1) is 5.82 Å². The molecule has 0 spiro atoms. The van der Waals surface area contributed by atoms with E-state index < -0.39 is 0 Å². The highest BCUT2D eigenvalue weighted by Crippen LogP contribution is 2.20. The molecule has 0 radical (unpaired) electrons. The minimum absolute atomic E-state index is 0.217. The van der Waals surface area contributed by atoms with E-state index in [1.165, 1.54) is 12.1 Å². The molecule has 0 amide bonds. The van der Waals surface area contributed by atoms with E-state index in [2.05, 4.69) is 10.3 Å². The maximum absolute atomic E-state index is 13.1. The molecule has 3 aromatic rings. The number of anilines is 1. The van der Waals surface area contributed by atoms with Gasteiger partial charge in [-0.05, 0) is 29.1 Å². The molecule has 1 N–H and O–H groups in total. The van der Waals surface area contributed by atoms with E-state index in [1.807, 2.05) is 36.4 Å². The number of hydrogen-bond acceptors (Lipinski definition) is 2. The van der Waals surface area contributed by atoms with Gasteiger partial charge in [-0.25, -0.2) is 9.37 Å². The van der Waals surface area contributed by atoms with E-state index in [0.29, 0.717) is 6.54 Å². The van der Waals surface area contributed by atoms with Crippen molar-refractivity contribution in [2.24, 2.45) is 0 Å². The molecule has 0 aliphatic carbocycles. The molecule has 0 bridgehead atoms. The minimum Gasteiger partial charge on any atom is -0.365 e. The normalized spacial score (nSPS) is 10.6. The van der Waals surface area contributed by atoms with Crippen molar-refractivity contribution >= 4 is 16.6 Å². The number of halogens is 1. The number of hydrogen-bond donors (Lipinski definition) is 1. The van der Waals surface area contributed by atoms with Crippen molar-refractivity contribution < 1.29 is 4.39 Å². The Kier molecular flexibility index (Phi) is 3.11. The van der Waals surface area contributed by atoms with Gasteiger partial charge >= 0.3 is 0 Å². The van der Waals surface area contributed by atoms with Crippen molar-refractivity contribution in [3.05, 3.63) is 72.2 Å². The first kappa shape index (κ1) is 11.7. The zero-order valence-corrected chi connectivity index (χ0v) is 10.3. The van der Waals surface area contributed by atoms with E-state index in [1.54, 1.807) is 12.3 Å². The summed E-state index contributed by atoms with van der Waals surface area (Å²) >= 11 is 0. The van der Waals surface area contributed by atoms with Gasteiger partial charge in [0.25, 0.3) is 0 Å². The predicted octanol–water partition coefficient (Wildman–Crippen LogP) is 3.99. The smallest absolute Gasteiger partial charge is 0.134 e. The number of rotatable bonds is 3. The van der Waals surface area contributed by atoms with Gasteiger partial charge in [0.2, 0.25) is 0 Å². The van der Waals surface area contributed by atoms with Gasteiger partial charge in [-0.15, -0.1) is 0 Å². The maximum atomic E-state index is 13.1. The second-order valence-corrected chi connectivity index (χ2v) is 4.36. The van der Waals surface area contributed by atoms with Crippen LogP contribution in [0.25, 0.3) is 10.8 Å². The summed E-state index contributed by atoms with van der Waals surface area (Å²) in [4.78, 5) is 4.34. The van der Waals surface area contributed by atoms with Crippen molar-refractivity contribution in [2.45, 2.75) is 6.54 Å². The Morgan fingerprint density at radius 1 is 1.00 bits per heavy atom. The Hall–Kier alpha value is -2.42. The third kappa shape index (κ3) is 2.55. The van der Waals surface area contributed by atoms with Crippen LogP contribution < -0.4 is 5.32 Å². The molecule has 0 saturated carbocycles. The highest BCUT2D eigenvalue weighted by Gasteiger charge is 2.01. The molecule has 94 valence electrons. The van der Waals surface area contributed by atoms with Crippen LogP contribution in [0.15, 0.2) is 60.8 Å². The van der Waals surface area contributed by atoms with Crippen LogP contribution >= 0.6 is 0 Å². The summed E-state index contributed by atoms with van der Waals surface area (Å²) < 4.78 is 13.1. The number of nitrogens with one attached hydrogen (secondary N) is 1. The largest absolute Gasteiger partial charge is 0.365 e. The van der Waals surface area contributed by atoms with Gasteiger partial charge in [0.05, 0.1) is 0 Å². The molecule has 1 aromatic heterocycles. The van der Waals surface area contributed by atoms with Crippen molar-refractivity contribution in [1.29, 1.82) is 0 Å². The lowest BCUT2D eigenvalue weighted by atomic mass is 10.1. The van der Waals surface area contributed by atoms with Crippen LogP contribution in [0.5, 0.6) is 0 Å². The van der Waals surface area contributed by atoms with Crippen LogP contribution in [-0.4, -0.2) is 4.98 Å². The summed E-state index contributed by atoms with van der Waals surface area (Å²) in [6.45, 7) is 0.554. The lowest BCUT2D eigenvalue weighted by Crippen LogP contribution is -2.02. The van der Waals surface area contributed by atoms with Crippen molar-refractivity contribution in [1.82, 2.24) is 4.98 Å². The van der Waals surface area contributed by atoms with E-state index in [4.69, 9.17) is 0 Å². The summed E-state index contributed by atoms with van der Waals surface area (Å²) in [5.41, 5.74) is 0.898. The summed E-state index contributed by atoms with van der Waals surface area (Å²) in [6.07, 6.45) is 1.77. The molecule has 19 heavy (non-hydrogen) atoms. The number of benzene rings is 2. The van der Waals surface area contributed by atoms with Crippen LogP contribution in [0.1, 0.15) is 5.56 Å². The number of pyridine rings is 1. The Bertz CT molecular complexity index is 704. The molecule has 0 saturated heterocycles. The van der Waals surface area contributed by atoms with Gasteiger partial charge in [-0.1, -0.05) is 36.4 Å². The molecule has 0 unspecified atom stereocenters. The second kappa shape index (κ2) is 5.06. The van der Waals surface area contributed by atoms with Crippen molar-refractivity contribution in [2.75, 3.05) is 5.32 Å². The van der Waals surface area contributed by atoms with Gasteiger partial charge in [0.15, 0.2) is 0 Å². The highest BCUT2D eigenvalue weighted by molar-refractivity contribution is 5.91. The molecule has 3 rings (SSSR count). The Morgan fingerprint density at radius 2 is 1.89 bits per heavy atom. The van der Waals surface area contributed by atoms with Crippen LogP contribution in [0.3, 0.4) is 0 Å². The fourth-order valence-electron chi connectivity index (χ4n) is 2.09. The molecule has 1 heterocycles. The lowest BCUT2D eigenvalue weighted by Gasteiger charge is -2.08. The average Bonchev–Trinajstić information content (AvgIpc) is 2.45. The summed E-state index contributed by atoms with van der Waals surface area (Å²) in [7, 11) is 0. The fourth-order valence-corrected chi connectivity index (χ4v) is 2.09. The van der Waals surface area contributed by atoms with Gasteiger partial charge < -0.3 is 5.32 Å². The van der Waals surface area contributed by atoms with Crippen LogP contribution in [-0.2, 0) is 6.54 Å². The molecular formula is C16H13FN2. The van der Waals surface area contributed by atoms with Crippen LogP contribution in [0.4, 0.5) is 10.2 Å². The maximum Gasteiger partial charge on any atom is 0.134 e. The Balaban J connectivity index is 1.86. The Labute approximate surface area is 110 Å². The number of nitrogens with zero attached hydrogens (tertiary/aromatic N) is 1. The van der Waals surface area contributed by atoms with E-state index >= 15 is 0 Å². The molecule has 0 atom stereocenters. The molecule has 3 heteroatoms.